The van der Waals surface area contributed by atoms with E-state index < -0.39 is 11.6 Å². The molecule has 2 heterocycles. The fourth-order valence-corrected chi connectivity index (χ4v) is 4.26. The second-order valence-corrected chi connectivity index (χ2v) is 7.94. The van der Waals surface area contributed by atoms with Crippen molar-refractivity contribution < 1.29 is 13.6 Å². The topological polar surface area (TPSA) is 63.6 Å². The molecule has 29 heavy (non-hydrogen) atoms. The molecule has 5 rings (SSSR count). The van der Waals surface area contributed by atoms with E-state index >= 15 is 0 Å². The number of halogens is 2. The third kappa shape index (κ3) is 3.33. The number of hydrogen-bond donors (Lipinski definition) is 1. The zero-order chi connectivity index (χ0) is 20.0. The lowest BCUT2D eigenvalue weighted by Crippen LogP contribution is -2.06. The van der Waals surface area contributed by atoms with E-state index in [0.717, 1.165) is 47.3 Å². The standard InChI is InChI=1S/C21H16F2N4OS/c22-16-8-5-12(9-17(16)23)19(28)11-29-21-26-25-20(27(21)13-6-7-13)15-10-24-18-4-2-1-3-14(15)18/h1-5,8-10,13,24H,6-7,11H2. The highest BCUT2D eigenvalue weighted by molar-refractivity contribution is 7.99. The third-order valence-corrected chi connectivity index (χ3v) is 5.92. The molecule has 2 aromatic heterocycles. The Hall–Kier alpha value is -3.00. The Morgan fingerprint density at radius 2 is 1.97 bits per heavy atom. The summed E-state index contributed by atoms with van der Waals surface area (Å²) in [5.74, 6) is -1.43. The maximum Gasteiger partial charge on any atom is 0.192 e. The maximum absolute atomic E-state index is 13.4. The number of benzene rings is 2. The number of Topliss-reactive ketones (excluding diaryl/α,β-unsaturated/α-hetero) is 1. The smallest absolute Gasteiger partial charge is 0.192 e. The van der Waals surface area contributed by atoms with Crippen molar-refractivity contribution in [2.45, 2.75) is 24.0 Å². The predicted octanol–water partition coefficient (Wildman–Crippen LogP) is 5.01. The van der Waals surface area contributed by atoms with E-state index in [4.69, 9.17) is 0 Å². The van der Waals surface area contributed by atoms with Crippen LogP contribution < -0.4 is 0 Å². The highest BCUT2D eigenvalue weighted by Gasteiger charge is 2.31. The van der Waals surface area contributed by atoms with Gasteiger partial charge in [0.2, 0.25) is 0 Å². The summed E-state index contributed by atoms with van der Waals surface area (Å²) in [6.07, 6.45) is 4.00. The number of rotatable bonds is 6. The minimum absolute atomic E-state index is 0.0732. The number of para-hydroxylation sites is 1. The molecule has 1 aliphatic carbocycles. The summed E-state index contributed by atoms with van der Waals surface area (Å²) in [6.45, 7) is 0. The van der Waals surface area contributed by atoms with Crippen LogP contribution in [0.4, 0.5) is 8.78 Å². The van der Waals surface area contributed by atoms with Gasteiger partial charge in [-0.1, -0.05) is 30.0 Å². The number of hydrogen-bond acceptors (Lipinski definition) is 4. The zero-order valence-corrected chi connectivity index (χ0v) is 16.0. The van der Waals surface area contributed by atoms with Crippen LogP contribution >= 0.6 is 11.8 Å². The predicted molar refractivity (Wildman–Crippen MR) is 107 cm³/mol. The van der Waals surface area contributed by atoms with Crippen LogP contribution in [0.2, 0.25) is 0 Å². The Balaban J connectivity index is 1.43. The first-order valence-corrected chi connectivity index (χ1v) is 10.2. The highest BCUT2D eigenvalue weighted by Crippen LogP contribution is 2.42. The van der Waals surface area contributed by atoms with Crippen LogP contribution in [0.3, 0.4) is 0 Å². The molecule has 4 aromatic rings. The highest BCUT2D eigenvalue weighted by atomic mass is 32.2. The number of aromatic nitrogens is 4. The summed E-state index contributed by atoms with van der Waals surface area (Å²) in [6, 6.07) is 11.5. The molecule has 1 N–H and O–H groups in total. The van der Waals surface area contributed by atoms with Gasteiger partial charge in [-0.2, -0.15) is 0 Å². The minimum Gasteiger partial charge on any atom is -0.360 e. The van der Waals surface area contributed by atoms with E-state index in [2.05, 4.69) is 19.7 Å². The van der Waals surface area contributed by atoms with Gasteiger partial charge >= 0.3 is 0 Å². The first-order chi connectivity index (χ1) is 14.1. The molecule has 0 saturated heterocycles. The van der Waals surface area contributed by atoms with E-state index in [1.807, 2.05) is 30.5 Å². The Morgan fingerprint density at radius 1 is 1.14 bits per heavy atom. The number of carbonyl (C=O) groups excluding carboxylic acids is 1. The van der Waals surface area contributed by atoms with Gasteiger partial charge in [-0.15, -0.1) is 10.2 Å². The molecule has 1 aliphatic rings. The van der Waals surface area contributed by atoms with Gasteiger partial charge in [0.05, 0.1) is 5.75 Å². The third-order valence-electron chi connectivity index (χ3n) is 4.98. The van der Waals surface area contributed by atoms with Crippen LogP contribution in [0, 0.1) is 11.6 Å². The van der Waals surface area contributed by atoms with Crippen LogP contribution in [-0.2, 0) is 0 Å². The number of H-pyrrole nitrogens is 1. The lowest BCUT2D eigenvalue weighted by Gasteiger charge is -2.08. The van der Waals surface area contributed by atoms with Crippen molar-refractivity contribution in [2.24, 2.45) is 0 Å². The molecule has 0 amide bonds. The van der Waals surface area contributed by atoms with Crippen molar-refractivity contribution in [1.82, 2.24) is 19.7 Å². The normalized spacial score (nSPS) is 13.9. The van der Waals surface area contributed by atoms with Gasteiger partial charge in [-0.05, 0) is 37.1 Å². The van der Waals surface area contributed by atoms with E-state index in [1.54, 1.807) is 0 Å². The van der Waals surface area contributed by atoms with Crippen molar-refractivity contribution in [3.05, 3.63) is 65.9 Å². The molecule has 8 heteroatoms. The average Bonchev–Trinajstić information content (AvgIpc) is 3.34. The van der Waals surface area contributed by atoms with Gasteiger partial charge in [0.25, 0.3) is 0 Å². The van der Waals surface area contributed by atoms with Crippen LogP contribution in [0.5, 0.6) is 0 Å². The van der Waals surface area contributed by atoms with Gasteiger partial charge in [0, 0.05) is 34.3 Å². The van der Waals surface area contributed by atoms with Crippen LogP contribution in [0.1, 0.15) is 29.2 Å². The van der Waals surface area contributed by atoms with Crippen molar-refractivity contribution in [2.75, 3.05) is 5.75 Å². The Labute approximate surface area is 169 Å². The van der Waals surface area contributed by atoms with E-state index in [0.29, 0.717) is 11.2 Å². The number of nitrogens with zero attached hydrogens (tertiary/aromatic N) is 3. The molecule has 0 atom stereocenters. The summed E-state index contributed by atoms with van der Waals surface area (Å²) in [7, 11) is 0. The Bertz CT molecular complexity index is 1230. The SMILES string of the molecule is O=C(CSc1nnc(-c2c[nH]c3ccccc23)n1C1CC1)c1ccc(F)c(F)c1. The summed E-state index contributed by atoms with van der Waals surface area (Å²) in [5, 5.41) is 10.4. The molecule has 1 fully saturated rings. The second kappa shape index (κ2) is 7.11. The maximum atomic E-state index is 13.4. The molecular formula is C21H16F2N4OS. The summed E-state index contributed by atoms with van der Waals surface area (Å²) in [4.78, 5) is 15.7. The Morgan fingerprint density at radius 3 is 2.76 bits per heavy atom. The second-order valence-electron chi connectivity index (χ2n) is 7.00. The molecule has 2 aromatic carbocycles. The van der Waals surface area contributed by atoms with E-state index in [1.165, 1.54) is 17.8 Å². The van der Waals surface area contributed by atoms with Crippen LogP contribution in [0.15, 0.2) is 53.8 Å². The number of nitrogens with one attached hydrogen (secondary N) is 1. The Kier molecular flexibility index (Phi) is 4.43. The quantitative estimate of drug-likeness (QED) is 0.358. The van der Waals surface area contributed by atoms with Crippen molar-refractivity contribution in [1.29, 1.82) is 0 Å². The minimum atomic E-state index is -1.02. The molecule has 5 nitrogen and oxygen atoms in total. The number of thioether (sulfide) groups is 1. The molecule has 0 spiro atoms. The summed E-state index contributed by atoms with van der Waals surface area (Å²) >= 11 is 1.27. The zero-order valence-electron chi connectivity index (χ0n) is 15.2. The fourth-order valence-electron chi connectivity index (χ4n) is 3.36. The lowest BCUT2D eigenvalue weighted by atomic mass is 10.1. The average molecular weight is 410 g/mol. The number of fused-ring (bicyclic) bond motifs is 1. The molecule has 0 bridgehead atoms. The molecule has 146 valence electrons. The van der Waals surface area contributed by atoms with Crippen molar-refractivity contribution in [3.8, 4) is 11.4 Å². The van der Waals surface area contributed by atoms with Gasteiger partial charge in [-0.3, -0.25) is 9.36 Å². The van der Waals surface area contributed by atoms with E-state index in [9.17, 15) is 13.6 Å². The molecule has 1 saturated carbocycles. The van der Waals surface area contributed by atoms with Gasteiger partial charge in [-0.25, -0.2) is 8.78 Å². The molecular weight excluding hydrogens is 394 g/mol. The fraction of sp³-hybridized carbons (Fsp3) is 0.190. The van der Waals surface area contributed by atoms with Gasteiger partial charge < -0.3 is 4.98 Å². The number of aromatic amines is 1. The largest absolute Gasteiger partial charge is 0.360 e. The van der Waals surface area contributed by atoms with Gasteiger partial charge in [0.1, 0.15) is 0 Å². The van der Waals surface area contributed by atoms with Crippen molar-refractivity contribution >= 4 is 28.4 Å². The van der Waals surface area contributed by atoms with Crippen molar-refractivity contribution in [3.63, 3.8) is 0 Å². The molecule has 0 radical (unpaired) electrons. The monoisotopic (exact) mass is 410 g/mol. The van der Waals surface area contributed by atoms with E-state index in [-0.39, 0.29) is 17.1 Å². The lowest BCUT2D eigenvalue weighted by molar-refractivity contribution is 0.102. The number of ketones is 1. The van der Waals surface area contributed by atoms with Gasteiger partial charge in [0.15, 0.2) is 28.4 Å². The first-order valence-electron chi connectivity index (χ1n) is 9.24. The number of carbonyl (C=O) groups is 1. The first kappa shape index (κ1) is 18.1. The van der Waals surface area contributed by atoms with Crippen LogP contribution in [0.25, 0.3) is 22.3 Å². The summed E-state index contributed by atoms with van der Waals surface area (Å²) < 4.78 is 28.6. The summed E-state index contributed by atoms with van der Waals surface area (Å²) in [5.41, 5.74) is 2.14. The molecule has 0 unspecified atom stereocenters. The molecule has 0 aliphatic heterocycles. The van der Waals surface area contributed by atoms with Crippen LogP contribution in [-0.4, -0.2) is 31.3 Å².